The SMILES string of the molecule is c1ccc(-c2ccccc2N(c2ccc(-c3cccc4c3oc3ccccc34)cc2)c2ccc3c(c2)C2(c4ccccc4-c4ccccc4-3)c3ccccc3-c3c2ccc2ccccc32)cc1. The van der Waals surface area contributed by atoms with Crippen molar-refractivity contribution in [1.82, 2.24) is 0 Å². The third-order valence-corrected chi connectivity index (χ3v) is 14.5. The molecule has 14 rings (SSSR count). The van der Waals surface area contributed by atoms with Gasteiger partial charge in [0, 0.05) is 33.3 Å². The van der Waals surface area contributed by atoms with E-state index in [0.29, 0.717) is 0 Å². The van der Waals surface area contributed by atoms with Crippen molar-refractivity contribution in [2.24, 2.45) is 0 Å². The molecule has 1 heterocycles. The summed E-state index contributed by atoms with van der Waals surface area (Å²) in [4.78, 5) is 2.47. The molecule has 2 aliphatic rings. The minimum absolute atomic E-state index is 0.642. The number of nitrogens with zero attached hydrogens (tertiary/aromatic N) is 1. The molecule has 0 amide bonds. The second-order valence-electron chi connectivity index (χ2n) is 17.9. The van der Waals surface area contributed by atoms with Crippen LogP contribution in [0.3, 0.4) is 0 Å². The van der Waals surface area contributed by atoms with Crippen LogP contribution in [-0.4, -0.2) is 0 Å². The normalized spacial score (nSPS) is 14.3. The Hall–Kier alpha value is -8.72. The predicted molar refractivity (Wildman–Crippen MR) is 279 cm³/mol. The summed E-state index contributed by atoms with van der Waals surface area (Å²) in [6.45, 7) is 0. The Morgan fingerprint density at radius 1 is 0.313 bits per heavy atom. The zero-order valence-electron chi connectivity index (χ0n) is 36.5. The van der Waals surface area contributed by atoms with Crippen LogP contribution in [0.4, 0.5) is 17.1 Å². The number of fused-ring (bicyclic) bond motifs is 17. The molecule has 12 aromatic rings. The first-order valence-electron chi connectivity index (χ1n) is 23.2. The van der Waals surface area contributed by atoms with Crippen LogP contribution >= 0.6 is 0 Å². The largest absolute Gasteiger partial charge is 0.455 e. The van der Waals surface area contributed by atoms with Gasteiger partial charge in [0.25, 0.3) is 0 Å². The van der Waals surface area contributed by atoms with Gasteiger partial charge in [0.1, 0.15) is 11.2 Å². The quantitative estimate of drug-likeness (QED) is 0.172. The number of anilines is 3. The second-order valence-corrected chi connectivity index (χ2v) is 17.9. The highest BCUT2D eigenvalue weighted by atomic mass is 16.3. The van der Waals surface area contributed by atoms with Crippen molar-refractivity contribution in [2.45, 2.75) is 5.41 Å². The molecule has 1 unspecified atom stereocenters. The van der Waals surface area contributed by atoms with Crippen molar-refractivity contribution in [3.63, 3.8) is 0 Å². The molecule has 0 radical (unpaired) electrons. The van der Waals surface area contributed by atoms with Crippen LogP contribution in [0, 0.1) is 0 Å². The van der Waals surface area contributed by atoms with Crippen molar-refractivity contribution in [3.8, 4) is 55.6 Å². The molecular weight excluding hydrogens is 811 g/mol. The lowest BCUT2D eigenvalue weighted by molar-refractivity contribution is 0.670. The van der Waals surface area contributed by atoms with Crippen molar-refractivity contribution < 1.29 is 4.42 Å². The molecule has 2 heteroatoms. The highest BCUT2D eigenvalue weighted by Crippen LogP contribution is 2.63. The van der Waals surface area contributed by atoms with Crippen molar-refractivity contribution in [1.29, 1.82) is 0 Å². The van der Waals surface area contributed by atoms with Crippen LogP contribution in [0.15, 0.2) is 253 Å². The summed E-state index contributed by atoms with van der Waals surface area (Å²) in [5, 5.41) is 4.78. The molecule has 0 bridgehead atoms. The van der Waals surface area contributed by atoms with Gasteiger partial charge < -0.3 is 9.32 Å². The van der Waals surface area contributed by atoms with E-state index in [0.717, 1.165) is 61.3 Å². The molecule has 0 saturated heterocycles. The first-order chi connectivity index (χ1) is 33.3. The summed E-state index contributed by atoms with van der Waals surface area (Å²) in [6, 6.07) is 91.7. The third kappa shape index (κ3) is 5.45. The zero-order valence-corrected chi connectivity index (χ0v) is 36.5. The van der Waals surface area contributed by atoms with E-state index >= 15 is 0 Å². The van der Waals surface area contributed by atoms with Gasteiger partial charge in [-0.2, -0.15) is 0 Å². The summed E-state index contributed by atoms with van der Waals surface area (Å²) in [6.07, 6.45) is 0. The van der Waals surface area contributed by atoms with Crippen LogP contribution in [0.1, 0.15) is 22.3 Å². The molecule has 0 fully saturated rings. The maximum absolute atomic E-state index is 6.54. The molecule has 1 atom stereocenters. The molecule has 2 aliphatic carbocycles. The van der Waals surface area contributed by atoms with E-state index in [9.17, 15) is 0 Å². The molecular formula is C65H41NO. The zero-order chi connectivity index (χ0) is 44.1. The summed E-state index contributed by atoms with van der Waals surface area (Å²) >= 11 is 0. The summed E-state index contributed by atoms with van der Waals surface area (Å²) < 4.78 is 6.54. The van der Waals surface area contributed by atoms with Gasteiger partial charge in [-0.05, 0) is 114 Å². The Bertz CT molecular complexity index is 3940. The highest BCUT2D eigenvalue weighted by Gasteiger charge is 2.50. The van der Waals surface area contributed by atoms with E-state index in [1.165, 1.54) is 66.4 Å². The molecule has 0 aliphatic heterocycles. The van der Waals surface area contributed by atoms with Crippen molar-refractivity contribution in [2.75, 3.05) is 4.90 Å². The Labute approximate surface area is 389 Å². The average Bonchev–Trinajstić information content (AvgIpc) is 3.90. The van der Waals surface area contributed by atoms with Gasteiger partial charge in [0.2, 0.25) is 0 Å². The van der Waals surface area contributed by atoms with Gasteiger partial charge in [-0.3, -0.25) is 0 Å². The topological polar surface area (TPSA) is 16.4 Å². The molecule has 0 N–H and O–H groups in total. The molecule has 1 spiro atoms. The Balaban J connectivity index is 1.06. The van der Waals surface area contributed by atoms with Crippen LogP contribution in [-0.2, 0) is 5.41 Å². The maximum atomic E-state index is 6.54. The fourth-order valence-corrected chi connectivity index (χ4v) is 11.7. The van der Waals surface area contributed by atoms with E-state index < -0.39 is 5.41 Å². The van der Waals surface area contributed by atoms with E-state index in [1.54, 1.807) is 0 Å². The van der Waals surface area contributed by atoms with Crippen LogP contribution in [0.5, 0.6) is 0 Å². The fourth-order valence-electron chi connectivity index (χ4n) is 11.7. The van der Waals surface area contributed by atoms with Gasteiger partial charge in [-0.25, -0.2) is 0 Å². The van der Waals surface area contributed by atoms with Crippen LogP contribution in [0.25, 0.3) is 88.3 Å². The lowest BCUT2D eigenvalue weighted by Gasteiger charge is -2.37. The molecule has 0 saturated carbocycles. The van der Waals surface area contributed by atoms with Crippen LogP contribution in [0.2, 0.25) is 0 Å². The molecule has 2 nitrogen and oxygen atoms in total. The summed E-state index contributed by atoms with van der Waals surface area (Å²) in [5.74, 6) is 0. The number of hydrogen-bond acceptors (Lipinski definition) is 2. The van der Waals surface area contributed by atoms with Crippen molar-refractivity contribution in [3.05, 3.63) is 271 Å². The standard InChI is InChI=1S/C65H41NO/c1-2-17-42(18-3-1)47-20-10-14-31-61(47)66(45-36-33-44(34-37-45)49-27-16-28-55-54-25-11-15-32-62(54)67-64(49)55)46-38-39-53-51-23-7-6-22-50(51)52-24-8-12-29-57(52)65(60(53)41-46)58-30-13-9-26-56(58)63-48-21-5-4-19-43(48)35-40-59(63)65/h1-41H. The predicted octanol–water partition coefficient (Wildman–Crippen LogP) is 17.6. The van der Waals surface area contributed by atoms with Gasteiger partial charge in [-0.1, -0.05) is 212 Å². The average molecular weight is 852 g/mol. The number of furan rings is 1. The van der Waals surface area contributed by atoms with E-state index in [-0.39, 0.29) is 0 Å². The lowest BCUT2D eigenvalue weighted by atomic mass is 9.65. The second kappa shape index (κ2) is 14.7. The summed E-state index contributed by atoms with van der Waals surface area (Å²) in [5.41, 5.74) is 21.6. The minimum atomic E-state index is -0.642. The number of rotatable bonds is 5. The summed E-state index contributed by atoms with van der Waals surface area (Å²) in [7, 11) is 0. The Morgan fingerprint density at radius 3 is 1.69 bits per heavy atom. The molecule has 1 aromatic heterocycles. The van der Waals surface area contributed by atoms with Crippen LogP contribution < -0.4 is 4.90 Å². The maximum Gasteiger partial charge on any atom is 0.143 e. The van der Waals surface area contributed by atoms with Gasteiger partial charge in [0.15, 0.2) is 0 Å². The first-order valence-corrected chi connectivity index (χ1v) is 23.2. The number of benzene rings is 11. The van der Waals surface area contributed by atoms with Gasteiger partial charge >= 0.3 is 0 Å². The Kier molecular flexibility index (Phi) is 8.23. The highest BCUT2D eigenvalue weighted by molar-refractivity contribution is 6.10. The monoisotopic (exact) mass is 851 g/mol. The molecule has 67 heavy (non-hydrogen) atoms. The van der Waals surface area contributed by atoms with Gasteiger partial charge in [0.05, 0.1) is 11.1 Å². The van der Waals surface area contributed by atoms with E-state index in [4.69, 9.17) is 4.42 Å². The fraction of sp³-hybridized carbons (Fsp3) is 0.0154. The molecule has 312 valence electrons. The van der Waals surface area contributed by atoms with Crippen molar-refractivity contribution >= 4 is 49.8 Å². The Morgan fingerprint density at radius 2 is 0.881 bits per heavy atom. The number of para-hydroxylation sites is 3. The molecule has 11 aromatic carbocycles. The lowest BCUT2D eigenvalue weighted by Crippen LogP contribution is -2.29. The van der Waals surface area contributed by atoms with Gasteiger partial charge in [-0.15, -0.1) is 0 Å². The van der Waals surface area contributed by atoms with E-state index in [2.05, 4.69) is 248 Å². The van der Waals surface area contributed by atoms with E-state index in [1.807, 2.05) is 6.07 Å². The smallest absolute Gasteiger partial charge is 0.143 e. The first kappa shape index (κ1) is 37.6. The third-order valence-electron chi connectivity index (χ3n) is 14.5. The minimum Gasteiger partial charge on any atom is -0.455 e. The number of hydrogen-bond donors (Lipinski definition) is 0.